The van der Waals surface area contributed by atoms with Gasteiger partial charge in [-0.3, -0.25) is 4.79 Å². The molecule has 0 saturated heterocycles. The fourth-order valence-electron chi connectivity index (χ4n) is 2.92. The first-order valence-electron chi connectivity index (χ1n) is 9.26. The van der Waals surface area contributed by atoms with Gasteiger partial charge in [0.25, 0.3) is 12.3 Å². The minimum Gasteiger partial charge on any atom is -0.481 e. The third-order valence-corrected chi connectivity index (χ3v) is 4.51. The topological polar surface area (TPSA) is 88.5 Å². The minimum absolute atomic E-state index is 0.0224. The van der Waals surface area contributed by atoms with Crippen LogP contribution in [0.2, 0.25) is 0 Å². The van der Waals surface area contributed by atoms with Crippen LogP contribution in [0, 0.1) is 5.82 Å². The van der Waals surface area contributed by atoms with Gasteiger partial charge in [0, 0.05) is 23.9 Å². The summed E-state index contributed by atoms with van der Waals surface area (Å²) in [5, 5.41) is 5.83. The summed E-state index contributed by atoms with van der Waals surface area (Å²) >= 11 is 4.78. The molecule has 0 unspecified atom stereocenters. The van der Waals surface area contributed by atoms with E-state index in [2.05, 4.69) is 19.6 Å². The number of carbonyl (C=O) groups is 1. The summed E-state index contributed by atoms with van der Waals surface area (Å²) in [5.41, 5.74) is 2.46. The maximum atomic E-state index is 13.8. The highest BCUT2D eigenvalue weighted by Gasteiger charge is 2.14. The van der Waals surface area contributed by atoms with E-state index in [-0.39, 0.29) is 5.75 Å². The summed E-state index contributed by atoms with van der Waals surface area (Å²) in [7, 11) is 0. The van der Waals surface area contributed by atoms with Crippen molar-refractivity contribution in [1.29, 1.82) is 0 Å². The molecule has 7 nitrogen and oxygen atoms in total. The van der Waals surface area contributed by atoms with E-state index in [1.165, 1.54) is 18.5 Å². The van der Waals surface area contributed by atoms with Gasteiger partial charge < -0.3 is 15.4 Å². The molecule has 1 aromatic heterocycles. The molecule has 0 radical (unpaired) electrons. The van der Waals surface area contributed by atoms with E-state index >= 15 is 0 Å². The summed E-state index contributed by atoms with van der Waals surface area (Å²) in [6.45, 7) is 0.615. The number of fused-ring (bicyclic) bond motifs is 1. The molecule has 1 amide bonds. The molecule has 3 aromatic rings. The maximum Gasteiger partial charge on any atom is 0.258 e. The lowest BCUT2D eigenvalue weighted by Crippen LogP contribution is -2.32. The lowest BCUT2D eigenvalue weighted by atomic mass is 10.1. The first-order valence-corrected chi connectivity index (χ1v) is 9.63. The van der Waals surface area contributed by atoms with Crippen LogP contribution in [-0.2, 0) is 23.6 Å². The quantitative estimate of drug-likeness (QED) is 0.509. The van der Waals surface area contributed by atoms with E-state index < -0.39 is 31.3 Å². The van der Waals surface area contributed by atoms with Gasteiger partial charge in [0.2, 0.25) is 0 Å². The van der Waals surface area contributed by atoms with Gasteiger partial charge in [-0.25, -0.2) is 23.1 Å². The first-order chi connectivity index (χ1) is 14.9. The fourth-order valence-corrected chi connectivity index (χ4v) is 3.02. The van der Waals surface area contributed by atoms with E-state index in [0.717, 1.165) is 17.0 Å². The number of nitrogens with one attached hydrogen (secondary N) is 2. The van der Waals surface area contributed by atoms with Gasteiger partial charge >= 0.3 is 0 Å². The molecule has 31 heavy (non-hydrogen) atoms. The number of benzene rings is 2. The Morgan fingerprint density at radius 1 is 1.26 bits per heavy atom. The second kappa shape index (κ2) is 10.1. The number of hydrogen-bond acceptors (Lipinski definition) is 7. The number of aryl methyl sites for hydroxylation is 1. The highest BCUT2D eigenvalue weighted by molar-refractivity contribution is 7.47. The van der Waals surface area contributed by atoms with Gasteiger partial charge in [-0.2, -0.15) is 4.36 Å². The highest BCUT2D eigenvalue weighted by Crippen LogP contribution is 2.33. The number of anilines is 2. The zero-order valence-corrected chi connectivity index (χ0v) is 17.2. The Bertz CT molecular complexity index is 1110. The van der Waals surface area contributed by atoms with Crippen molar-refractivity contribution in [3.63, 3.8) is 0 Å². The molecule has 162 valence electrons. The number of halogens is 3. The van der Waals surface area contributed by atoms with Gasteiger partial charge in [-0.05, 0) is 36.2 Å². The molecule has 0 aliphatic heterocycles. The molecule has 0 aliphatic rings. The third-order valence-electron chi connectivity index (χ3n) is 4.30. The molecule has 0 fully saturated rings. The lowest BCUT2D eigenvalue weighted by molar-refractivity contribution is -0.123. The number of amides is 1. The van der Waals surface area contributed by atoms with E-state index in [4.69, 9.17) is 17.2 Å². The van der Waals surface area contributed by atoms with E-state index in [0.29, 0.717) is 29.1 Å². The Morgan fingerprint density at radius 2 is 2.06 bits per heavy atom. The van der Waals surface area contributed by atoms with E-state index in [1.54, 1.807) is 6.07 Å². The van der Waals surface area contributed by atoms with Gasteiger partial charge in [-0.1, -0.05) is 6.92 Å². The van der Waals surface area contributed by atoms with E-state index in [9.17, 15) is 18.0 Å². The van der Waals surface area contributed by atoms with Crippen molar-refractivity contribution in [2.24, 2.45) is 4.36 Å². The second-order valence-corrected chi connectivity index (χ2v) is 6.60. The molecular formula is C20H18F3N5O2S. The number of aromatic nitrogens is 2. The SMILES string of the molecule is CCc1cc(N=S)cc2ncnc(Nc3ccc(F)cc3OCC(=O)NCC(F)F)c12. The molecule has 2 aromatic carbocycles. The van der Waals surface area contributed by atoms with Crippen LogP contribution < -0.4 is 15.4 Å². The van der Waals surface area contributed by atoms with Gasteiger partial charge in [0.05, 0.1) is 23.4 Å². The Labute approximate surface area is 181 Å². The molecule has 0 spiro atoms. The average molecular weight is 449 g/mol. The number of ether oxygens (including phenoxy) is 1. The van der Waals surface area contributed by atoms with Crippen LogP contribution in [0.4, 0.5) is 30.4 Å². The van der Waals surface area contributed by atoms with Gasteiger partial charge in [0.1, 0.15) is 23.7 Å². The van der Waals surface area contributed by atoms with Crippen molar-refractivity contribution >= 4 is 46.4 Å². The highest BCUT2D eigenvalue weighted by atomic mass is 32.1. The van der Waals surface area contributed by atoms with Gasteiger partial charge in [-0.15, -0.1) is 0 Å². The van der Waals surface area contributed by atoms with Crippen LogP contribution in [0.3, 0.4) is 0 Å². The second-order valence-electron chi connectivity index (χ2n) is 6.42. The van der Waals surface area contributed by atoms with Crippen molar-refractivity contribution in [3.8, 4) is 5.75 Å². The molecule has 0 saturated carbocycles. The number of alkyl halides is 2. The number of carbonyl (C=O) groups excluding carboxylic acids is 1. The minimum atomic E-state index is -2.68. The van der Waals surface area contributed by atoms with Crippen LogP contribution in [0.5, 0.6) is 5.75 Å². The molecule has 2 N–H and O–H groups in total. The smallest absolute Gasteiger partial charge is 0.258 e. The Kier molecular flexibility index (Phi) is 7.29. The van der Waals surface area contributed by atoms with Crippen LogP contribution in [0.1, 0.15) is 12.5 Å². The number of nitrogens with zero attached hydrogens (tertiary/aromatic N) is 3. The predicted octanol–water partition coefficient (Wildman–Crippen LogP) is 4.20. The van der Waals surface area contributed by atoms with Crippen LogP contribution >= 0.6 is 0 Å². The van der Waals surface area contributed by atoms with Crippen molar-refractivity contribution < 1.29 is 22.7 Å². The molecule has 0 atom stereocenters. The molecule has 0 aliphatic carbocycles. The molecule has 1 heterocycles. The molecular weight excluding hydrogens is 431 g/mol. The lowest BCUT2D eigenvalue weighted by Gasteiger charge is -2.15. The summed E-state index contributed by atoms with van der Waals surface area (Å²) in [4.78, 5) is 20.2. The summed E-state index contributed by atoms with van der Waals surface area (Å²) < 4.78 is 47.3. The normalized spacial score (nSPS) is 10.9. The monoisotopic (exact) mass is 449 g/mol. The van der Waals surface area contributed by atoms with E-state index in [1.807, 2.05) is 18.3 Å². The van der Waals surface area contributed by atoms with Crippen molar-refractivity contribution in [2.75, 3.05) is 18.5 Å². The molecule has 11 heteroatoms. The standard InChI is InChI=1S/C20H18F3N5O2S/c1-2-11-5-13(28-31)7-15-19(11)20(26-10-25-15)27-14-4-3-12(21)6-16(14)30-9-18(29)24-8-17(22)23/h3-7,10,17H,2,8-9H2,1H3,(H,24,29)(H,25,26,27). The van der Waals surface area contributed by atoms with Crippen LogP contribution in [0.15, 0.2) is 41.0 Å². The fraction of sp³-hybridized carbons (Fsp3) is 0.250. The zero-order valence-electron chi connectivity index (χ0n) is 16.4. The Hall–Kier alpha value is -3.34. The summed E-state index contributed by atoms with van der Waals surface area (Å²) in [5.74, 6) is -0.881. The largest absolute Gasteiger partial charge is 0.481 e. The summed E-state index contributed by atoms with van der Waals surface area (Å²) in [6, 6.07) is 7.28. The van der Waals surface area contributed by atoms with Crippen molar-refractivity contribution in [2.45, 2.75) is 19.8 Å². The van der Waals surface area contributed by atoms with Crippen LogP contribution in [-0.4, -0.2) is 35.5 Å². The molecule has 3 rings (SSSR count). The summed E-state index contributed by atoms with van der Waals surface area (Å²) in [6.07, 6.45) is -0.656. The maximum absolute atomic E-state index is 13.8. The average Bonchev–Trinajstić information content (AvgIpc) is 2.76. The van der Waals surface area contributed by atoms with Gasteiger partial charge in [0.15, 0.2) is 6.61 Å². The molecule has 0 bridgehead atoms. The predicted molar refractivity (Wildman–Crippen MR) is 113 cm³/mol. The third kappa shape index (κ3) is 5.63. The van der Waals surface area contributed by atoms with Crippen molar-refractivity contribution in [3.05, 3.63) is 48.0 Å². The van der Waals surface area contributed by atoms with Crippen LogP contribution in [0.25, 0.3) is 10.9 Å². The Morgan fingerprint density at radius 3 is 2.77 bits per heavy atom. The first kappa shape index (κ1) is 22.3. The zero-order chi connectivity index (χ0) is 22.4. The number of rotatable bonds is 9. The van der Waals surface area contributed by atoms with Crippen molar-refractivity contribution in [1.82, 2.24) is 15.3 Å². The Balaban J connectivity index is 1.90. The number of hydrogen-bond donors (Lipinski definition) is 2.